The van der Waals surface area contributed by atoms with Crippen LogP contribution in [0.15, 0.2) is 24.7 Å². The molecule has 0 aliphatic rings. The van der Waals surface area contributed by atoms with Crippen molar-refractivity contribution in [3.05, 3.63) is 40.8 Å². The fourth-order valence-electron chi connectivity index (χ4n) is 1.31. The lowest BCUT2D eigenvalue weighted by Crippen LogP contribution is -2.04. The number of alkyl halides is 3. The van der Waals surface area contributed by atoms with Gasteiger partial charge < -0.3 is 5.11 Å². The number of rotatable bonds is 2. The summed E-state index contributed by atoms with van der Waals surface area (Å²) < 4.78 is 38.1. The Labute approximate surface area is 105 Å². The molecule has 0 amide bonds. The van der Waals surface area contributed by atoms with Gasteiger partial charge in [-0.15, -0.1) is 0 Å². The van der Waals surface area contributed by atoms with Gasteiger partial charge in [0.2, 0.25) is 0 Å². The van der Waals surface area contributed by atoms with Gasteiger partial charge in [-0.2, -0.15) is 18.3 Å². The van der Waals surface area contributed by atoms with Crippen molar-refractivity contribution in [1.29, 1.82) is 0 Å². The van der Waals surface area contributed by atoms with Crippen LogP contribution in [-0.2, 0) is 12.8 Å². The monoisotopic (exact) mass is 277 g/mol. The van der Waals surface area contributed by atoms with Crippen LogP contribution in [0.4, 0.5) is 13.2 Å². The first-order valence-electron chi connectivity index (χ1n) is 4.79. The quantitative estimate of drug-likeness (QED) is 0.917. The molecule has 2 heterocycles. The first-order valence-corrected chi connectivity index (χ1v) is 5.17. The van der Waals surface area contributed by atoms with Gasteiger partial charge in [0.1, 0.15) is 0 Å². The van der Waals surface area contributed by atoms with Gasteiger partial charge in [0.15, 0.2) is 5.82 Å². The molecular weight excluding hydrogens is 271 g/mol. The number of halogens is 4. The second-order valence-electron chi connectivity index (χ2n) is 3.48. The molecule has 0 aromatic carbocycles. The Morgan fingerprint density at radius 1 is 1.33 bits per heavy atom. The third-order valence-corrected chi connectivity index (χ3v) is 2.47. The van der Waals surface area contributed by atoms with Crippen LogP contribution in [0.5, 0.6) is 0 Å². The standard InChI is InChI=1S/C10H7ClF3N3O/c11-8-1-6(5-18)2-15-9(8)17-4-7(3-16-17)10(12,13)14/h1-4,18H,5H2. The summed E-state index contributed by atoms with van der Waals surface area (Å²) in [6.45, 7) is -0.250. The van der Waals surface area contributed by atoms with Crippen molar-refractivity contribution in [2.75, 3.05) is 0 Å². The zero-order chi connectivity index (χ0) is 13.3. The van der Waals surface area contributed by atoms with Gasteiger partial charge in [0, 0.05) is 12.4 Å². The molecule has 4 nitrogen and oxygen atoms in total. The van der Waals surface area contributed by atoms with Gasteiger partial charge in [-0.25, -0.2) is 9.67 Å². The molecule has 0 atom stereocenters. The molecule has 0 saturated heterocycles. The van der Waals surface area contributed by atoms with Crippen LogP contribution in [0.3, 0.4) is 0 Å². The minimum absolute atomic E-state index is 0.0735. The van der Waals surface area contributed by atoms with E-state index in [4.69, 9.17) is 16.7 Å². The molecule has 0 saturated carbocycles. The van der Waals surface area contributed by atoms with Gasteiger partial charge in [-0.3, -0.25) is 0 Å². The fourth-order valence-corrected chi connectivity index (χ4v) is 1.59. The lowest BCUT2D eigenvalue weighted by atomic mass is 10.3. The van der Waals surface area contributed by atoms with E-state index in [9.17, 15) is 13.2 Å². The number of aliphatic hydroxyl groups is 1. The van der Waals surface area contributed by atoms with Crippen molar-refractivity contribution < 1.29 is 18.3 Å². The minimum Gasteiger partial charge on any atom is -0.392 e. The smallest absolute Gasteiger partial charge is 0.392 e. The van der Waals surface area contributed by atoms with Crippen LogP contribution in [0.25, 0.3) is 5.82 Å². The van der Waals surface area contributed by atoms with Crippen molar-refractivity contribution in [2.24, 2.45) is 0 Å². The molecular formula is C10H7ClF3N3O. The predicted octanol–water partition coefficient (Wildman–Crippen LogP) is 2.43. The molecule has 0 bridgehead atoms. The van der Waals surface area contributed by atoms with Crippen LogP contribution in [0.2, 0.25) is 5.02 Å². The molecule has 96 valence electrons. The second kappa shape index (κ2) is 4.58. The van der Waals surface area contributed by atoms with Crippen LogP contribution < -0.4 is 0 Å². The van der Waals surface area contributed by atoms with Crippen molar-refractivity contribution in [3.8, 4) is 5.82 Å². The highest BCUT2D eigenvalue weighted by atomic mass is 35.5. The van der Waals surface area contributed by atoms with Crippen molar-refractivity contribution in [1.82, 2.24) is 14.8 Å². The number of aromatic nitrogens is 3. The molecule has 0 aliphatic heterocycles. The van der Waals surface area contributed by atoms with Gasteiger partial charge >= 0.3 is 6.18 Å². The summed E-state index contributed by atoms with van der Waals surface area (Å²) in [5.74, 6) is 0.0735. The van der Waals surface area contributed by atoms with Crippen LogP contribution in [0, 0.1) is 0 Å². The SMILES string of the molecule is OCc1cnc(-n2cc(C(F)(F)F)cn2)c(Cl)c1. The van der Waals surface area contributed by atoms with E-state index >= 15 is 0 Å². The molecule has 2 rings (SSSR count). The third-order valence-electron chi connectivity index (χ3n) is 2.19. The predicted molar refractivity (Wildman–Crippen MR) is 57.3 cm³/mol. The fraction of sp³-hybridized carbons (Fsp3) is 0.200. The molecule has 8 heteroatoms. The third kappa shape index (κ3) is 2.46. The minimum atomic E-state index is -4.46. The van der Waals surface area contributed by atoms with Crippen LogP contribution in [0.1, 0.15) is 11.1 Å². The molecule has 0 aliphatic carbocycles. The largest absolute Gasteiger partial charge is 0.419 e. The molecule has 2 aromatic heterocycles. The Bertz CT molecular complexity index is 568. The number of pyridine rings is 1. The van der Waals surface area contributed by atoms with Crippen LogP contribution in [-0.4, -0.2) is 19.9 Å². The Morgan fingerprint density at radius 3 is 2.56 bits per heavy atom. The summed E-state index contributed by atoms with van der Waals surface area (Å²) in [7, 11) is 0. The molecule has 0 radical (unpaired) electrons. The molecule has 0 unspecified atom stereocenters. The first kappa shape index (κ1) is 12.8. The second-order valence-corrected chi connectivity index (χ2v) is 3.89. The summed E-state index contributed by atoms with van der Waals surface area (Å²) >= 11 is 5.85. The van der Waals surface area contributed by atoms with Crippen molar-refractivity contribution in [3.63, 3.8) is 0 Å². The Balaban J connectivity index is 2.40. The normalized spacial score (nSPS) is 11.8. The molecule has 2 aromatic rings. The van der Waals surface area contributed by atoms with E-state index < -0.39 is 11.7 Å². The zero-order valence-corrected chi connectivity index (χ0v) is 9.57. The summed E-state index contributed by atoms with van der Waals surface area (Å²) in [5, 5.41) is 12.5. The van der Waals surface area contributed by atoms with E-state index in [1.165, 1.54) is 12.3 Å². The summed E-state index contributed by atoms with van der Waals surface area (Å²) in [4.78, 5) is 3.86. The average molecular weight is 278 g/mol. The number of hydrogen-bond acceptors (Lipinski definition) is 3. The van der Waals surface area contributed by atoms with E-state index in [0.29, 0.717) is 11.8 Å². The topological polar surface area (TPSA) is 50.9 Å². The Kier molecular flexibility index (Phi) is 3.27. The lowest BCUT2D eigenvalue weighted by molar-refractivity contribution is -0.137. The maximum atomic E-state index is 12.4. The molecule has 18 heavy (non-hydrogen) atoms. The van der Waals surface area contributed by atoms with Crippen LogP contribution >= 0.6 is 11.6 Å². The zero-order valence-electron chi connectivity index (χ0n) is 8.82. The molecule has 1 N–H and O–H groups in total. The maximum absolute atomic E-state index is 12.4. The Hall–Kier alpha value is -1.60. The highest BCUT2D eigenvalue weighted by molar-refractivity contribution is 6.32. The number of hydrogen-bond donors (Lipinski definition) is 1. The van der Waals surface area contributed by atoms with E-state index in [2.05, 4.69) is 10.1 Å². The van der Waals surface area contributed by atoms with Crippen molar-refractivity contribution in [2.45, 2.75) is 12.8 Å². The van der Waals surface area contributed by atoms with Gasteiger partial charge in [-0.05, 0) is 11.6 Å². The van der Waals surface area contributed by atoms with Gasteiger partial charge in [0.05, 0.1) is 23.4 Å². The average Bonchev–Trinajstić information content (AvgIpc) is 2.77. The highest BCUT2D eigenvalue weighted by Crippen LogP contribution is 2.29. The van der Waals surface area contributed by atoms with Crippen molar-refractivity contribution >= 4 is 11.6 Å². The van der Waals surface area contributed by atoms with E-state index in [1.807, 2.05) is 0 Å². The van der Waals surface area contributed by atoms with E-state index in [0.717, 1.165) is 10.9 Å². The lowest BCUT2D eigenvalue weighted by Gasteiger charge is -2.05. The summed E-state index contributed by atoms with van der Waals surface area (Å²) in [5.41, 5.74) is -0.418. The maximum Gasteiger partial charge on any atom is 0.419 e. The van der Waals surface area contributed by atoms with Gasteiger partial charge in [-0.1, -0.05) is 11.6 Å². The highest BCUT2D eigenvalue weighted by Gasteiger charge is 2.32. The molecule has 0 fully saturated rings. The van der Waals surface area contributed by atoms with Gasteiger partial charge in [0.25, 0.3) is 0 Å². The van der Waals surface area contributed by atoms with E-state index in [-0.39, 0.29) is 17.4 Å². The summed E-state index contributed by atoms with van der Waals surface area (Å²) in [6.07, 6.45) is -1.66. The van der Waals surface area contributed by atoms with E-state index in [1.54, 1.807) is 0 Å². The Morgan fingerprint density at radius 2 is 2.06 bits per heavy atom. The first-order chi connectivity index (χ1) is 8.41. The summed E-state index contributed by atoms with van der Waals surface area (Å²) in [6, 6.07) is 1.42. The molecule has 0 spiro atoms. The number of aliphatic hydroxyl groups excluding tert-OH is 1. The number of nitrogens with zero attached hydrogens (tertiary/aromatic N) is 3.